The molecule has 0 atom stereocenters. The molecule has 3 aromatic rings. The highest BCUT2D eigenvalue weighted by Gasteiger charge is 2.07. The van der Waals surface area contributed by atoms with Crippen molar-refractivity contribution in [1.82, 2.24) is 25.5 Å². The number of amides is 1. The van der Waals surface area contributed by atoms with Gasteiger partial charge in [0, 0.05) is 38.3 Å². The Bertz CT molecular complexity index is 1040. The van der Waals surface area contributed by atoms with Crippen molar-refractivity contribution in [3.63, 3.8) is 0 Å². The van der Waals surface area contributed by atoms with E-state index in [0.717, 1.165) is 48.1 Å². The first-order valence-corrected chi connectivity index (χ1v) is 11.0. The van der Waals surface area contributed by atoms with Crippen molar-refractivity contribution in [1.29, 1.82) is 0 Å². The van der Waals surface area contributed by atoms with Gasteiger partial charge >= 0.3 is 0 Å². The number of hydrogen-bond acceptors (Lipinski definition) is 4. The van der Waals surface area contributed by atoms with Crippen LogP contribution in [-0.4, -0.2) is 54.7 Å². The molecule has 3 N–H and O–H groups in total. The second kappa shape index (κ2) is 11.7. The maximum Gasteiger partial charge on any atom is 0.251 e. The van der Waals surface area contributed by atoms with Gasteiger partial charge in [0.05, 0.1) is 18.1 Å². The first-order valence-electron chi connectivity index (χ1n) is 11.0. The molecule has 0 aliphatic rings. The molecule has 3 rings (SSSR count). The van der Waals surface area contributed by atoms with E-state index in [1.54, 1.807) is 31.4 Å². The number of nitrogens with one attached hydrogen (secondary N) is 3. The topological polar surface area (TPSA) is 92.6 Å². The second-order valence-corrected chi connectivity index (χ2v) is 7.32. The fourth-order valence-electron chi connectivity index (χ4n) is 3.44. The predicted octanol–water partition coefficient (Wildman–Crippen LogP) is 2.73. The highest BCUT2D eigenvalue weighted by atomic mass is 16.5. The largest absolute Gasteiger partial charge is 0.497 e. The molecular formula is C24H32N6O2. The van der Waals surface area contributed by atoms with E-state index in [-0.39, 0.29) is 5.91 Å². The third-order valence-corrected chi connectivity index (χ3v) is 5.05. The average molecular weight is 437 g/mol. The Hall–Kier alpha value is -3.55. The first kappa shape index (κ1) is 23.1. The fraction of sp³-hybridized carbons (Fsp3) is 0.375. The van der Waals surface area contributed by atoms with E-state index in [2.05, 4.69) is 36.6 Å². The minimum atomic E-state index is -0.112. The van der Waals surface area contributed by atoms with Gasteiger partial charge in [-0.2, -0.15) is 0 Å². The first-order chi connectivity index (χ1) is 15.6. The molecule has 32 heavy (non-hydrogen) atoms. The molecule has 170 valence electrons. The highest BCUT2D eigenvalue weighted by Crippen LogP contribution is 2.15. The molecule has 0 bridgehead atoms. The van der Waals surface area contributed by atoms with Gasteiger partial charge in [0.2, 0.25) is 0 Å². The monoisotopic (exact) mass is 436 g/mol. The third kappa shape index (κ3) is 6.23. The standard InChI is InChI=1S/C24H32N6O2/c1-4-25-24(28-16-15-26-23(31)19-10-12-20(32-3)13-11-19)27-14-7-17-30-18(2)29-21-8-5-6-9-22(21)30/h5-6,8-13H,4,7,14-17H2,1-3H3,(H,26,31)(H2,25,27,28). The summed E-state index contributed by atoms with van der Waals surface area (Å²) in [5.74, 6) is 2.39. The number of aryl methyl sites for hydroxylation is 2. The van der Waals surface area contributed by atoms with E-state index >= 15 is 0 Å². The average Bonchev–Trinajstić information content (AvgIpc) is 3.14. The number of ether oxygens (including phenoxy) is 1. The molecule has 1 heterocycles. The number of carbonyl (C=O) groups is 1. The van der Waals surface area contributed by atoms with Crippen LogP contribution in [0.1, 0.15) is 29.5 Å². The van der Waals surface area contributed by atoms with Crippen molar-refractivity contribution in [3.8, 4) is 5.75 Å². The van der Waals surface area contributed by atoms with Crippen LogP contribution in [0.4, 0.5) is 0 Å². The van der Waals surface area contributed by atoms with Gasteiger partial charge in [0.15, 0.2) is 5.96 Å². The lowest BCUT2D eigenvalue weighted by Crippen LogP contribution is -2.41. The number of benzene rings is 2. The van der Waals surface area contributed by atoms with Crippen molar-refractivity contribution in [2.75, 3.05) is 33.3 Å². The van der Waals surface area contributed by atoms with Crippen LogP contribution in [0.5, 0.6) is 5.75 Å². The molecule has 8 heteroatoms. The van der Waals surface area contributed by atoms with Gasteiger partial charge in [0.25, 0.3) is 5.91 Å². The number of rotatable bonds is 10. The van der Waals surface area contributed by atoms with E-state index in [1.165, 1.54) is 0 Å². The lowest BCUT2D eigenvalue weighted by Gasteiger charge is -2.12. The molecule has 0 aliphatic carbocycles. The number of para-hydroxylation sites is 2. The van der Waals surface area contributed by atoms with Crippen molar-refractivity contribution in [2.45, 2.75) is 26.8 Å². The number of hydrogen-bond donors (Lipinski definition) is 3. The number of methoxy groups -OCH3 is 1. The van der Waals surface area contributed by atoms with Crippen LogP contribution in [0.25, 0.3) is 11.0 Å². The van der Waals surface area contributed by atoms with Gasteiger partial charge in [0.1, 0.15) is 11.6 Å². The highest BCUT2D eigenvalue weighted by molar-refractivity contribution is 5.94. The van der Waals surface area contributed by atoms with E-state index in [0.29, 0.717) is 25.2 Å². The SMILES string of the molecule is CCNC(=NCCCn1c(C)nc2ccccc21)NCCNC(=O)c1ccc(OC)cc1. The summed E-state index contributed by atoms with van der Waals surface area (Å²) in [5, 5.41) is 9.42. The van der Waals surface area contributed by atoms with Crippen LogP contribution in [0.3, 0.4) is 0 Å². The molecule has 1 aromatic heterocycles. The van der Waals surface area contributed by atoms with Gasteiger partial charge in [-0.3, -0.25) is 9.79 Å². The molecule has 0 radical (unpaired) electrons. The molecule has 0 saturated heterocycles. The Labute approximate surface area is 189 Å². The third-order valence-electron chi connectivity index (χ3n) is 5.05. The van der Waals surface area contributed by atoms with Crippen molar-refractivity contribution in [3.05, 3.63) is 59.9 Å². The van der Waals surface area contributed by atoms with Crippen LogP contribution >= 0.6 is 0 Å². The summed E-state index contributed by atoms with van der Waals surface area (Å²) >= 11 is 0. The molecule has 0 fully saturated rings. The van der Waals surface area contributed by atoms with Gasteiger partial charge in [-0.15, -0.1) is 0 Å². The molecule has 0 aliphatic heterocycles. The predicted molar refractivity (Wildman–Crippen MR) is 128 cm³/mol. The van der Waals surface area contributed by atoms with E-state index in [1.807, 2.05) is 32.0 Å². The Morgan fingerprint density at radius 1 is 1.06 bits per heavy atom. The number of guanidine groups is 1. The zero-order valence-electron chi connectivity index (χ0n) is 19.0. The molecule has 0 spiro atoms. The summed E-state index contributed by atoms with van der Waals surface area (Å²) in [6, 6.07) is 15.2. The fourth-order valence-corrected chi connectivity index (χ4v) is 3.44. The van der Waals surface area contributed by atoms with Crippen LogP contribution in [0.15, 0.2) is 53.5 Å². The van der Waals surface area contributed by atoms with E-state index < -0.39 is 0 Å². The van der Waals surface area contributed by atoms with E-state index in [9.17, 15) is 4.79 Å². The summed E-state index contributed by atoms with van der Waals surface area (Å²) in [7, 11) is 1.60. The number of imidazole rings is 1. The van der Waals surface area contributed by atoms with Crippen LogP contribution in [0, 0.1) is 6.92 Å². The molecule has 0 saturated carbocycles. The zero-order valence-corrected chi connectivity index (χ0v) is 19.0. The maximum atomic E-state index is 12.2. The number of carbonyl (C=O) groups excluding carboxylic acids is 1. The number of aromatic nitrogens is 2. The summed E-state index contributed by atoms with van der Waals surface area (Å²) in [6.07, 6.45) is 0.909. The summed E-state index contributed by atoms with van der Waals surface area (Å²) in [4.78, 5) is 21.5. The lowest BCUT2D eigenvalue weighted by molar-refractivity contribution is 0.0954. The molecule has 8 nitrogen and oxygen atoms in total. The summed E-state index contributed by atoms with van der Waals surface area (Å²) in [6.45, 7) is 7.48. The van der Waals surface area contributed by atoms with Gasteiger partial charge in [-0.05, 0) is 56.7 Å². The van der Waals surface area contributed by atoms with Gasteiger partial charge < -0.3 is 25.3 Å². The minimum Gasteiger partial charge on any atom is -0.497 e. The molecule has 2 aromatic carbocycles. The quantitative estimate of drug-likeness (QED) is 0.258. The van der Waals surface area contributed by atoms with Crippen molar-refractivity contribution < 1.29 is 9.53 Å². The van der Waals surface area contributed by atoms with Crippen molar-refractivity contribution in [2.24, 2.45) is 4.99 Å². The Morgan fingerprint density at radius 3 is 2.56 bits per heavy atom. The zero-order chi connectivity index (χ0) is 22.8. The molecule has 1 amide bonds. The smallest absolute Gasteiger partial charge is 0.251 e. The summed E-state index contributed by atoms with van der Waals surface area (Å²) < 4.78 is 7.35. The second-order valence-electron chi connectivity index (χ2n) is 7.32. The number of nitrogens with zero attached hydrogens (tertiary/aromatic N) is 3. The maximum absolute atomic E-state index is 12.2. The molecule has 0 unspecified atom stereocenters. The molecular weight excluding hydrogens is 404 g/mol. The Kier molecular flexibility index (Phi) is 8.48. The van der Waals surface area contributed by atoms with Crippen molar-refractivity contribution >= 4 is 22.9 Å². The van der Waals surface area contributed by atoms with Crippen LogP contribution in [-0.2, 0) is 6.54 Å². The number of fused-ring (bicyclic) bond motifs is 1. The van der Waals surface area contributed by atoms with Crippen LogP contribution < -0.4 is 20.7 Å². The van der Waals surface area contributed by atoms with E-state index in [4.69, 9.17) is 4.74 Å². The Balaban J connectivity index is 1.43. The van der Waals surface area contributed by atoms with Gasteiger partial charge in [-0.25, -0.2) is 4.98 Å². The van der Waals surface area contributed by atoms with Crippen LogP contribution in [0.2, 0.25) is 0 Å². The minimum absolute atomic E-state index is 0.112. The van der Waals surface area contributed by atoms with Gasteiger partial charge in [-0.1, -0.05) is 12.1 Å². The Morgan fingerprint density at radius 2 is 1.81 bits per heavy atom. The lowest BCUT2D eigenvalue weighted by atomic mass is 10.2. The normalized spacial score (nSPS) is 11.4. The summed E-state index contributed by atoms with van der Waals surface area (Å²) in [5.41, 5.74) is 2.79. The number of aliphatic imine (C=N–C) groups is 1.